The van der Waals surface area contributed by atoms with Crippen molar-refractivity contribution < 1.29 is 27.1 Å². The number of nitrogens with zero attached hydrogens (tertiary/aromatic N) is 1. The van der Waals surface area contributed by atoms with Crippen LogP contribution in [-0.2, 0) is 26.0 Å². The number of fused-ring (bicyclic) bond motifs is 1. The van der Waals surface area contributed by atoms with Crippen LogP contribution in [0.25, 0.3) is 0 Å². The quantitative estimate of drug-likeness (QED) is 0.712. The number of rotatable bonds is 5. The van der Waals surface area contributed by atoms with E-state index in [2.05, 4.69) is 25.6 Å². The van der Waals surface area contributed by atoms with Crippen molar-refractivity contribution in [2.75, 3.05) is 11.3 Å². The third-order valence-electron chi connectivity index (χ3n) is 3.61. The lowest BCUT2D eigenvalue weighted by Crippen LogP contribution is -2.27. The smallest absolute Gasteiger partial charge is 0.347 e. The molecule has 2 heterocycles. The molecule has 1 aromatic carbocycles. The summed E-state index contributed by atoms with van der Waals surface area (Å²) in [5, 5.41) is 0. The highest BCUT2D eigenvalue weighted by Gasteiger charge is 2.31. The van der Waals surface area contributed by atoms with Gasteiger partial charge in [0.2, 0.25) is 0 Å². The van der Waals surface area contributed by atoms with Crippen molar-refractivity contribution in [1.82, 2.24) is 4.98 Å². The van der Waals surface area contributed by atoms with Crippen molar-refractivity contribution >= 4 is 37.7 Å². The SMILES string of the molecule is CCOC(=O)C1Cc2cc(S(=O)(=O)Nc3ncc(Br)cc3F)ccc2O1. The van der Waals surface area contributed by atoms with E-state index in [1.165, 1.54) is 24.4 Å². The van der Waals surface area contributed by atoms with E-state index in [1.807, 2.05) is 0 Å². The van der Waals surface area contributed by atoms with Gasteiger partial charge in [-0.1, -0.05) is 0 Å². The van der Waals surface area contributed by atoms with Crippen LogP contribution < -0.4 is 9.46 Å². The standard InChI is InChI=1S/C16H14BrFN2O5S/c1-2-24-16(21)14-6-9-5-11(3-4-13(9)25-14)26(22,23)20-15-12(18)7-10(17)8-19-15/h3-5,7-8,14H,2,6H2,1H3,(H,19,20). The van der Waals surface area contributed by atoms with Crippen LogP contribution in [0.4, 0.5) is 10.2 Å². The molecule has 0 saturated carbocycles. The molecule has 138 valence electrons. The summed E-state index contributed by atoms with van der Waals surface area (Å²) in [6, 6.07) is 5.25. The second-order valence-electron chi connectivity index (χ2n) is 5.42. The van der Waals surface area contributed by atoms with Gasteiger partial charge in [-0.3, -0.25) is 4.72 Å². The van der Waals surface area contributed by atoms with Crippen molar-refractivity contribution in [2.45, 2.75) is 24.3 Å². The molecular formula is C16H14BrFN2O5S. The third kappa shape index (κ3) is 3.80. The van der Waals surface area contributed by atoms with Crippen LogP contribution in [-0.4, -0.2) is 32.1 Å². The number of hydrogen-bond donors (Lipinski definition) is 1. The maximum atomic E-state index is 13.8. The lowest BCUT2D eigenvalue weighted by atomic mass is 10.1. The zero-order chi connectivity index (χ0) is 18.9. The molecule has 0 saturated heterocycles. The van der Waals surface area contributed by atoms with Crippen molar-refractivity contribution in [3.8, 4) is 5.75 Å². The first kappa shape index (κ1) is 18.6. The number of hydrogen-bond acceptors (Lipinski definition) is 6. The highest BCUT2D eigenvalue weighted by Crippen LogP contribution is 2.32. The summed E-state index contributed by atoms with van der Waals surface area (Å²) in [4.78, 5) is 15.4. The largest absolute Gasteiger partial charge is 0.478 e. The van der Waals surface area contributed by atoms with E-state index in [-0.39, 0.29) is 17.9 Å². The molecule has 3 rings (SSSR count). The van der Waals surface area contributed by atoms with Gasteiger partial charge < -0.3 is 9.47 Å². The minimum Gasteiger partial charge on any atom is -0.478 e. The van der Waals surface area contributed by atoms with E-state index in [1.54, 1.807) is 6.92 Å². The summed E-state index contributed by atoms with van der Waals surface area (Å²) in [5.41, 5.74) is 0.551. The molecule has 1 atom stereocenters. The first-order valence-corrected chi connectivity index (χ1v) is 9.88. The van der Waals surface area contributed by atoms with Crippen LogP contribution in [0.15, 0.2) is 39.8 Å². The molecule has 0 radical (unpaired) electrons. The fourth-order valence-electron chi connectivity index (χ4n) is 2.43. The van der Waals surface area contributed by atoms with E-state index in [9.17, 15) is 17.6 Å². The lowest BCUT2D eigenvalue weighted by Gasteiger charge is -2.09. The molecule has 0 bridgehead atoms. The fraction of sp³-hybridized carbons (Fsp3) is 0.250. The van der Waals surface area contributed by atoms with E-state index in [4.69, 9.17) is 9.47 Å². The molecule has 7 nitrogen and oxygen atoms in total. The van der Waals surface area contributed by atoms with Gasteiger partial charge in [-0.15, -0.1) is 0 Å². The molecule has 0 aliphatic carbocycles. The number of sulfonamides is 1. The molecule has 1 aliphatic heterocycles. The Balaban J connectivity index is 1.83. The number of pyridine rings is 1. The third-order valence-corrected chi connectivity index (χ3v) is 5.38. The Hall–Kier alpha value is -2.20. The summed E-state index contributed by atoms with van der Waals surface area (Å²) in [5.74, 6) is -1.31. The van der Waals surface area contributed by atoms with Crippen LogP contribution in [0.5, 0.6) is 5.75 Å². The average Bonchev–Trinajstić information content (AvgIpc) is 3.01. The number of anilines is 1. The van der Waals surface area contributed by atoms with Crippen LogP contribution in [0.3, 0.4) is 0 Å². The van der Waals surface area contributed by atoms with Gasteiger partial charge in [-0.05, 0) is 52.7 Å². The zero-order valence-electron chi connectivity index (χ0n) is 13.5. The van der Waals surface area contributed by atoms with Crippen molar-refractivity contribution in [1.29, 1.82) is 0 Å². The van der Waals surface area contributed by atoms with Gasteiger partial charge in [0.05, 0.1) is 11.5 Å². The van der Waals surface area contributed by atoms with Crippen LogP contribution >= 0.6 is 15.9 Å². The fourth-order valence-corrected chi connectivity index (χ4v) is 3.81. The second kappa shape index (κ2) is 7.20. The molecule has 1 aliphatic rings. The van der Waals surface area contributed by atoms with Crippen molar-refractivity contribution in [2.24, 2.45) is 0 Å². The molecular weight excluding hydrogens is 431 g/mol. The highest BCUT2D eigenvalue weighted by molar-refractivity contribution is 9.10. The van der Waals surface area contributed by atoms with Gasteiger partial charge >= 0.3 is 5.97 Å². The number of carbonyl (C=O) groups excluding carboxylic acids is 1. The molecule has 1 unspecified atom stereocenters. The maximum absolute atomic E-state index is 13.8. The van der Waals surface area contributed by atoms with Gasteiger partial charge in [0, 0.05) is 17.1 Å². The summed E-state index contributed by atoms with van der Waals surface area (Å²) in [7, 11) is -4.06. The molecule has 1 aromatic heterocycles. The van der Waals surface area contributed by atoms with E-state index < -0.39 is 33.7 Å². The first-order chi connectivity index (χ1) is 12.3. The van der Waals surface area contributed by atoms with Crippen molar-refractivity contribution in [3.63, 3.8) is 0 Å². The average molecular weight is 445 g/mol. The van der Waals surface area contributed by atoms with Gasteiger partial charge in [-0.2, -0.15) is 0 Å². The normalized spacial score (nSPS) is 15.9. The Bertz CT molecular complexity index is 967. The molecule has 2 aromatic rings. The second-order valence-corrected chi connectivity index (χ2v) is 8.02. The highest BCUT2D eigenvalue weighted by atomic mass is 79.9. The number of benzene rings is 1. The van der Waals surface area contributed by atoms with Gasteiger partial charge in [0.1, 0.15) is 5.75 Å². The van der Waals surface area contributed by atoms with Gasteiger partial charge in [-0.25, -0.2) is 22.6 Å². The Morgan fingerprint density at radius 1 is 1.46 bits per heavy atom. The van der Waals surface area contributed by atoms with Gasteiger partial charge in [0.25, 0.3) is 10.0 Å². The van der Waals surface area contributed by atoms with E-state index in [0.29, 0.717) is 15.8 Å². The molecule has 10 heteroatoms. The van der Waals surface area contributed by atoms with E-state index in [0.717, 1.165) is 6.07 Å². The Labute approximate surface area is 157 Å². The summed E-state index contributed by atoms with van der Waals surface area (Å²) in [6.45, 7) is 1.91. The molecule has 0 fully saturated rings. The molecule has 1 N–H and O–H groups in total. The minimum atomic E-state index is -4.06. The number of nitrogens with one attached hydrogen (secondary N) is 1. The molecule has 0 spiro atoms. The maximum Gasteiger partial charge on any atom is 0.347 e. The van der Waals surface area contributed by atoms with E-state index >= 15 is 0 Å². The van der Waals surface area contributed by atoms with Crippen LogP contribution in [0.1, 0.15) is 12.5 Å². The summed E-state index contributed by atoms with van der Waals surface area (Å²) < 4.78 is 51.7. The van der Waals surface area contributed by atoms with Gasteiger partial charge in [0.15, 0.2) is 17.7 Å². The number of carbonyl (C=O) groups is 1. The number of ether oxygens (including phenoxy) is 2. The molecule has 0 amide bonds. The van der Waals surface area contributed by atoms with Crippen LogP contribution in [0.2, 0.25) is 0 Å². The predicted octanol–water partition coefficient (Wildman–Crippen LogP) is 2.65. The molecule has 26 heavy (non-hydrogen) atoms. The topological polar surface area (TPSA) is 94.6 Å². The predicted molar refractivity (Wildman–Crippen MR) is 93.9 cm³/mol. The number of halogens is 2. The number of aromatic nitrogens is 1. The Morgan fingerprint density at radius 3 is 2.92 bits per heavy atom. The number of esters is 1. The zero-order valence-corrected chi connectivity index (χ0v) is 15.9. The van der Waals surface area contributed by atoms with Crippen molar-refractivity contribution in [3.05, 3.63) is 46.3 Å². The first-order valence-electron chi connectivity index (χ1n) is 7.60. The summed E-state index contributed by atoms with van der Waals surface area (Å²) in [6.07, 6.45) is 0.672. The summed E-state index contributed by atoms with van der Waals surface area (Å²) >= 11 is 3.05. The lowest BCUT2D eigenvalue weighted by molar-refractivity contribution is -0.150. The Morgan fingerprint density at radius 2 is 2.23 bits per heavy atom. The Kier molecular flexibility index (Phi) is 5.15. The monoisotopic (exact) mass is 444 g/mol. The van der Waals surface area contributed by atoms with Crippen LogP contribution in [0, 0.1) is 5.82 Å². The minimum absolute atomic E-state index is 0.0894.